The third-order valence-electron chi connectivity index (χ3n) is 7.27. The van der Waals surface area contributed by atoms with E-state index in [1.807, 2.05) is 6.92 Å². The van der Waals surface area contributed by atoms with Gasteiger partial charge in [0.1, 0.15) is 18.1 Å². The molecule has 2 aliphatic carbocycles. The normalized spacial score (nSPS) is 42.0. The van der Waals surface area contributed by atoms with Crippen molar-refractivity contribution < 1.29 is 33.3 Å². The fourth-order valence-corrected chi connectivity index (χ4v) is 5.55. The first kappa shape index (κ1) is 19.2. The van der Waals surface area contributed by atoms with Crippen LogP contribution in [0.25, 0.3) is 0 Å². The van der Waals surface area contributed by atoms with Gasteiger partial charge in [0, 0.05) is 30.1 Å². The molecule has 2 saturated carbocycles. The highest BCUT2D eigenvalue weighted by Crippen LogP contribution is 2.64. The molecule has 0 aromatic rings. The molecule has 0 bridgehead atoms. The summed E-state index contributed by atoms with van der Waals surface area (Å²) in [5, 5.41) is 0. The number of allylic oxidation sites excluding steroid dienone is 1. The van der Waals surface area contributed by atoms with E-state index >= 15 is 0 Å². The molecule has 0 aromatic heterocycles. The molecule has 2 heterocycles. The summed E-state index contributed by atoms with van der Waals surface area (Å²) in [5.74, 6) is -2.95. The monoisotopic (exact) mass is 390 g/mol. The lowest BCUT2D eigenvalue weighted by atomic mass is 9.52. The molecular formula is C21H26O7. The summed E-state index contributed by atoms with van der Waals surface area (Å²) in [7, 11) is 1.51. The van der Waals surface area contributed by atoms with E-state index in [-0.39, 0.29) is 11.9 Å². The zero-order valence-electron chi connectivity index (χ0n) is 16.9. The summed E-state index contributed by atoms with van der Waals surface area (Å²) in [6, 6.07) is 0. The number of hydrogen-bond acceptors (Lipinski definition) is 7. The third kappa shape index (κ3) is 2.28. The van der Waals surface area contributed by atoms with Gasteiger partial charge in [-0.25, -0.2) is 9.59 Å². The molecule has 28 heavy (non-hydrogen) atoms. The fraction of sp³-hybridized carbons (Fsp3) is 0.667. The van der Waals surface area contributed by atoms with E-state index in [9.17, 15) is 14.4 Å². The lowest BCUT2D eigenvalue weighted by Gasteiger charge is -2.53. The Morgan fingerprint density at radius 3 is 2.64 bits per heavy atom. The maximum absolute atomic E-state index is 12.9. The Kier molecular flexibility index (Phi) is 4.23. The molecule has 3 fully saturated rings. The highest BCUT2D eigenvalue weighted by atomic mass is 16.7. The molecule has 7 heteroatoms. The third-order valence-corrected chi connectivity index (χ3v) is 7.27. The summed E-state index contributed by atoms with van der Waals surface area (Å²) in [6.07, 6.45) is 2.27. The summed E-state index contributed by atoms with van der Waals surface area (Å²) in [5.41, 5.74) is 0.956. The van der Waals surface area contributed by atoms with Gasteiger partial charge >= 0.3 is 17.9 Å². The summed E-state index contributed by atoms with van der Waals surface area (Å²) >= 11 is 0. The van der Waals surface area contributed by atoms with Gasteiger partial charge in [-0.15, -0.1) is 0 Å². The van der Waals surface area contributed by atoms with Crippen LogP contribution < -0.4 is 0 Å². The Balaban J connectivity index is 1.75. The largest absolute Gasteiger partial charge is 0.458 e. The van der Waals surface area contributed by atoms with Gasteiger partial charge in [0.2, 0.25) is 5.79 Å². The number of carbonyl (C=O) groups excluding carboxylic acids is 3. The number of methoxy groups -OCH3 is 1. The van der Waals surface area contributed by atoms with E-state index in [0.717, 1.165) is 6.42 Å². The predicted octanol–water partition coefficient (Wildman–Crippen LogP) is 2.44. The Morgan fingerprint density at radius 2 is 2.00 bits per heavy atom. The molecule has 4 aliphatic rings. The number of carbonyl (C=O) groups is 3. The highest BCUT2D eigenvalue weighted by molar-refractivity contribution is 5.93. The van der Waals surface area contributed by atoms with Crippen molar-refractivity contribution in [2.75, 3.05) is 7.11 Å². The molecule has 0 N–H and O–H groups in total. The average molecular weight is 390 g/mol. The molecule has 1 saturated heterocycles. The second kappa shape index (κ2) is 6.17. The average Bonchev–Trinajstić information content (AvgIpc) is 3.08. The van der Waals surface area contributed by atoms with Gasteiger partial charge in [-0.05, 0) is 39.5 Å². The molecule has 6 atom stereocenters. The molecule has 152 valence electrons. The van der Waals surface area contributed by atoms with E-state index in [4.69, 9.17) is 18.9 Å². The minimum absolute atomic E-state index is 0.0362. The van der Waals surface area contributed by atoms with Gasteiger partial charge in [-0.1, -0.05) is 13.0 Å². The number of rotatable bonds is 3. The van der Waals surface area contributed by atoms with Crippen LogP contribution in [0, 0.1) is 17.3 Å². The van der Waals surface area contributed by atoms with Crippen LogP contribution in [0.3, 0.4) is 0 Å². The Labute approximate surface area is 164 Å². The van der Waals surface area contributed by atoms with Crippen LogP contribution >= 0.6 is 0 Å². The van der Waals surface area contributed by atoms with Gasteiger partial charge in [0.25, 0.3) is 0 Å². The molecule has 0 aromatic carbocycles. The van der Waals surface area contributed by atoms with Crippen LogP contribution in [-0.4, -0.2) is 43.0 Å². The van der Waals surface area contributed by atoms with E-state index in [2.05, 4.69) is 0 Å². The van der Waals surface area contributed by atoms with Crippen LogP contribution in [-0.2, 0) is 33.3 Å². The van der Waals surface area contributed by atoms with Crippen molar-refractivity contribution in [3.63, 3.8) is 0 Å². The lowest BCUT2D eigenvalue weighted by molar-refractivity contribution is -0.227. The van der Waals surface area contributed by atoms with Crippen molar-refractivity contribution in [1.82, 2.24) is 0 Å². The maximum atomic E-state index is 12.9. The van der Waals surface area contributed by atoms with Gasteiger partial charge in [0.15, 0.2) is 0 Å². The van der Waals surface area contributed by atoms with Crippen LogP contribution in [0.5, 0.6) is 0 Å². The minimum Gasteiger partial charge on any atom is -0.458 e. The molecule has 0 radical (unpaired) electrons. The highest BCUT2D eigenvalue weighted by Gasteiger charge is 2.72. The lowest BCUT2D eigenvalue weighted by Crippen LogP contribution is -2.59. The number of esters is 3. The van der Waals surface area contributed by atoms with Crippen molar-refractivity contribution in [2.45, 2.75) is 65.0 Å². The van der Waals surface area contributed by atoms with E-state index in [1.54, 1.807) is 26.8 Å². The van der Waals surface area contributed by atoms with Crippen molar-refractivity contribution in [2.24, 2.45) is 17.3 Å². The van der Waals surface area contributed by atoms with Crippen molar-refractivity contribution in [3.05, 3.63) is 22.8 Å². The Hall–Kier alpha value is -2.15. The molecular weight excluding hydrogens is 364 g/mol. The second-order valence-electron chi connectivity index (χ2n) is 8.44. The standard InChI is InChI=1S/C21H26O7/c1-6-10(2)17(22)26-13-8-7-12-9-21(25-5)14(11(3)18(23)28-21)16-20(12,4)15(13)19(24)27-16/h6,12-13,15-16H,7-9H2,1-5H3/b10-6-/t12-,13+,15-,16+,20+,21+/m1/s1. The minimum atomic E-state index is -1.17. The van der Waals surface area contributed by atoms with Gasteiger partial charge in [-0.2, -0.15) is 0 Å². The molecule has 0 amide bonds. The van der Waals surface area contributed by atoms with Gasteiger partial charge < -0.3 is 18.9 Å². The fourth-order valence-electron chi connectivity index (χ4n) is 5.55. The van der Waals surface area contributed by atoms with Gasteiger partial charge in [-0.3, -0.25) is 4.79 Å². The Morgan fingerprint density at radius 1 is 1.29 bits per heavy atom. The zero-order chi connectivity index (χ0) is 20.4. The first-order valence-corrected chi connectivity index (χ1v) is 9.73. The smallest absolute Gasteiger partial charge is 0.336 e. The van der Waals surface area contributed by atoms with Crippen LogP contribution in [0.2, 0.25) is 0 Å². The van der Waals surface area contributed by atoms with Crippen LogP contribution in [0.4, 0.5) is 0 Å². The van der Waals surface area contributed by atoms with Crippen molar-refractivity contribution >= 4 is 17.9 Å². The summed E-state index contributed by atoms with van der Waals surface area (Å²) in [4.78, 5) is 37.6. The zero-order valence-corrected chi connectivity index (χ0v) is 16.9. The van der Waals surface area contributed by atoms with E-state index in [0.29, 0.717) is 29.6 Å². The van der Waals surface area contributed by atoms with Gasteiger partial charge in [0.05, 0.1) is 5.57 Å². The molecule has 7 nitrogen and oxygen atoms in total. The SMILES string of the molecule is C/C=C(/C)C(=O)O[C@H]1CC[C@@H]2C[C@]3(OC)OC(=O)C(C)=C3[C@@H]3OC(=O)[C@@H]1[C@]23C. The number of hydrogen-bond donors (Lipinski definition) is 0. The first-order chi connectivity index (χ1) is 13.2. The van der Waals surface area contributed by atoms with E-state index < -0.39 is 41.3 Å². The second-order valence-corrected chi connectivity index (χ2v) is 8.44. The van der Waals surface area contributed by atoms with Crippen molar-refractivity contribution in [1.29, 1.82) is 0 Å². The van der Waals surface area contributed by atoms with Crippen LogP contribution in [0.1, 0.15) is 47.0 Å². The van der Waals surface area contributed by atoms with Crippen molar-refractivity contribution in [3.8, 4) is 0 Å². The number of fused-ring (bicyclic) bond motifs is 2. The maximum Gasteiger partial charge on any atom is 0.336 e. The van der Waals surface area contributed by atoms with E-state index in [1.165, 1.54) is 7.11 Å². The first-order valence-electron chi connectivity index (χ1n) is 9.73. The topological polar surface area (TPSA) is 88.1 Å². The molecule has 0 spiro atoms. The molecule has 2 aliphatic heterocycles. The number of ether oxygens (including phenoxy) is 4. The predicted molar refractivity (Wildman–Crippen MR) is 96.7 cm³/mol. The molecule has 0 unspecified atom stereocenters. The summed E-state index contributed by atoms with van der Waals surface area (Å²) < 4.78 is 22.8. The Bertz CT molecular complexity index is 825. The summed E-state index contributed by atoms with van der Waals surface area (Å²) in [6.45, 7) is 7.14. The van der Waals surface area contributed by atoms with Crippen LogP contribution in [0.15, 0.2) is 22.8 Å². The quantitative estimate of drug-likeness (QED) is 0.415. The molecule has 4 rings (SSSR count).